The Morgan fingerprint density at radius 1 is 1.35 bits per heavy atom. The number of hydrogen-bond donors (Lipinski definition) is 1. The second kappa shape index (κ2) is 5.79. The van der Waals surface area contributed by atoms with Crippen LogP contribution in [0, 0.1) is 11.6 Å². The molecular weight excluding hydrogens is 306 g/mol. The summed E-state index contributed by atoms with van der Waals surface area (Å²) in [7, 11) is 0. The minimum absolute atomic E-state index is 0.0196. The first-order chi connectivity index (χ1) is 11.0. The van der Waals surface area contributed by atoms with Crippen LogP contribution in [0.25, 0.3) is 0 Å². The first-order valence-electron chi connectivity index (χ1n) is 7.08. The maximum atomic E-state index is 13.5. The highest BCUT2D eigenvalue weighted by molar-refractivity contribution is 6.10. The lowest BCUT2D eigenvalue weighted by molar-refractivity contribution is -0.121. The molecule has 0 saturated carbocycles. The Hall–Kier alpha value is -2.77. The molecule has 1 N–H and O–H groups in total. The van der Waals surface area contributed by atoms with E-state index in [4.69, 9.17) is 0 Å². The van der Waals surface area contributed by atoms with Crippen molar-refractivity contribution in [3.05, 3.63) is 41.7 Å². The number of aromatic nitrogens is 2. The molecule has 0 saturated heterocycles. The van der Waals surface area contributed by atoms with Crippen molar-refractivity contribution in [1.82, 2.24) is 9.78 Å². The molecule has 3 rings (SSSR count). The van der Waals surface area contributed by atoms with Gasteiger partial charge in [0.2, 0.25) is 11.8 Å². The number of anilines is 2. The topological polar surface area (TPSA) is 67.2 Å². The number of benzene rings is 1. The maximum Gasteiger partial charge on any atom is 0.244 e. The zero-order valence-corrected chi connectivity index (χ0v) is 12.3. The Morgan fingerprint density at radius 2 is 2.09 bits per heavy atom. The molecule has 120 valence electrons. The van der Waals surface area contributed by atoms with Gasteiger partial charge < -0.3 is 10.2 Å². The molecule has 0 spiro atoms. The molecule has 0 fully saturated rings. The van der Waals surface area contributed by atoms with Crippen LogP contribution >= 0.6 is 0 Å². The van der Waals surface area contributed by atoms with E-state index < -0.39 is 17.5 Å². The minimum Gasteiger partial charge on any atom is -0.323 e. The van der Waals surface area contributed by atoms with Gasteiger partial charge in [0, 0.05) is 24.9 Å². The average Bonchev–Trinajstić information content (AvgIpc) is 2.95. The van der Waals surface area contributed by atoms with Crippen LogP contribution in [0.3, 0.4) is 0 Å². The van der Waals surface area contributed by atoms with Gasteiger partial charge in [0.25, 0.3) is 0 Å². The number of rotatable bonds is 3. The summed E-state index contributed by atoms with van der Waals surface area (Å²) < 4.78 is 28.5. The Bertz CT molecular complexity index is 788. The van der Waals surface area contributed by atoms with E-state index in [1.807, 2.05) is 6.92 Å². The number of fused-ring (bicyclic) bond motifs is 1. The number of carbonyl (C=O) groups is 2. The van der Waals surface area contributed by atoms with Crippen molar-refractivity contribution in [1.29, 1.82) is 0 Å². The van der Waals surface area contributed by atoms with Gasteiger partial charge in [0.15, 0.2) is 11.6 Å². The molecule has 0 unspecified atom stereocenters. The number of aryl methyl sites for hydroxylation is 1. The molecule has 0 atom stereocenters. The largest absolute Gasteiger partial charge is 0.323 e. The zero-order chi connectivity index (χ0) is 16.6. The van der Waals surface area contributed by atoms with Gasteiger partial charge in [-0.3, -0.25) is 14.3 Å². The Morgan fingerprint density at radius 3 is 2.78 bits per heavy atom. The molecule has 1 aromatic heterocycles. The number of carbonyl (C=O) groups excluding carboxylic acids is 2. The lowest BCUT2D eigenvalue weighted by Crippen LogP contribution is -2.43. The van der Waals surface area contributed by atoms with Crippen LogP contribution in [0.4, 0.5) is 20.2 Å². The first-order valence-corrected chi connectivity index (χ1v) is 7.08. The van der Waals surface area contributed by atoms with Crippen molar-refractivity contribution in [2.24, 2.45) is 0 Å². The van der Waals surface area contributed by atoms with Gasteiger partial charge in [-0.25, -0.2) is 8.78 Å². The molecule has 2 aromatic rings. The van der Waals surface area contributed by atoms with Crippen molar-refractivity contribution < 1.29 is 18.4 Å². The molecule has 1 aliphatic rings. The van der Waals surface area contributed by atoms with Crippen molar-refractivity contribution in [2.75, 3.05) is 16.8 Å². The lowest BCUT2D eigenvalue weighted by atomic mass is 10.1. The van der Waals surface area contributed by atoms with Crippen LogP contribution in [0.5, 0.6) is 0 Å². The van der Waals surface area contributed by atoms with E-state index >= 15 is 0 Å². The summed E-state index contributed by atoms with van der Waals surface area (Å²) >= 11 is 0. The minimum atomic E-state index is -1.08. The van der Waals surface area contributed by atoms with Gasteiger partial charge in [-0.2, -0.15) is 5.10 Å². The van der Waals surface area contributed by atoms with E-state index in [0.29, 0.717) is 12.1 Å². The molecule has 23 heavy (non-hydrogen) atoms. The predicted octanol–water partition coefficient (Wildman–Crippen LogP) is 1.71. The number of amides is 2. The molecule has 0 radical (unpaired) electrons. The van der Waals surface area contributed by atoms with Crippen LogP contribution in [0.2, 0.25) is 0 Å². The fraction of sp³-hybridized carbons (Fsp3) is 0.267. The molecule has 0 aliphatic carbocycles. The molecule has 1 aromatic carbocycles. The highest BCUT2D eigenvalue weighted by Gasteiger charge is 2.28. The monoisotopic (exact) mass is 320 g/mol. The van der Waals surface area contributed by atoms with Crippen LogP contribution in [-0.4, -0.2) is 28.1 Å². The first kappa shape index (κ1) is 15.1. The van der Waals surface area contributed by atoms with E-state index in [0.717, 1.165) is 17.0 Å². The molecule has 1 aliphatic heterocycles. The zero-order valence-electron chi connectivity index (χ0n) is 12.3. The van der Waals surface area contributed by atoms with Crippen LogP contribution in [-0.2, 0) is 22.6 Å². The summed E-state index contributed by atoms with van der Waals surface area (Å²) in [5.74, 6) is -3.00. The third-order valence-electron chi connectivity index (χ3n) is 3.57. The third kappa shape index (κ3) is 2.92. The van der Waals surface area contributed by atoms with Crippen LogP contribution in [0.1, 0.15) is 12.5 Å². The summed E-state index contributed by atoms with van der Waals surface area (Å²) in [6.07, 6.45) is 3.32. The van der Waals surface area contributed by atoms with E-state index in [1.54, 1.807) is 17.1 Å². The van der Waals surface area contributed by atoms with Gasteiger partial charge in [-0.05, 0) is 12.5 Å². The second-order valence-corrected chi connectivity index (χ2v) is 5.19. The SMILES string of the molecule is CCn1cc(CC(=O)N2CC(=O)Nc3cc(F)c(F)cc32)cn1. The van der Waals surface area contributed by atoms with Gasteiger partial charge in [-0.15, -0.1) is 0 Å². The highest BCUT2D eigenvalue weighted by atomic mass is 19.2. The predicted molar refractivity (Wildman–Crippen MR) is 78.9 cm³/mol. The number of nitrogens with one attached hydrogen (secondary N) is 1. The second-order valence-electron chi connectivity index (χ2n) is 5.19. The number of nitrogens with zero attached hydrogens (tertiary/aromatic N) is 3. The smallest absolute Gasteiger partial charge is 0.244 e. The Balaban J connectivity index is 1.89. The third-order valence-corrected chi connectivity index (χ3v) is 3.57. The maximum absolute atomic E-state index is 13.5. The van der Waals surface area contributed by atoms with E-state index in [1.165, 1.54) is 0 Å². The van der Waals surface area contributed by atoms with Gasteiger partial charge in [0.05, 0.1) is 24.0 Å². The molecule has 2 heterocycles. The van der Waals surface area contributed by atoms with Crippen molar-refractivity contribution in [3.63, 3.8) is 0 Å². The van der Waals surface area contributed by atoms with Gasteiger partial charge in [-0.1, -0.05) is 0 Å². The van der Waals surface area contributed by atoms with Crippen LogP contribution in [0.15, 0.2) is 24.5 Å². The van der Waals surface area contributed by atoms with Crippen molar-refractivity contribution in [2.45, 2.75) is 19.9 Å². The summed E-state index contributed by atoms with van der Waals surface area (Å²) in [6, 6.07) is 1.79. The van der Waals surface area contributed by atoms with Crippen molar-refractivity contribution in [3.8, 4) is 0 Å². The summed E-state index contributed by atoms with van der Waals surface area (Å²) in [5.41, 5.74) is 0.918. The normalized spacial score (nSPS) is 13.7. The van der Waals surface area contributed by atoms with Crippen LogP contribution < -0.4 is 10.2 Å². The number of halogens is 2. The van der Waals surface area contributed by atoms with Gasteiger partial charge >= 0.3 is 0 Å². The standard InChI is InChI=1S/C15H14F2N4O2/c1-2-20-7-9(6-18-20)3-15(23)21-8-14(22)19-12-4-10(16)11(17)5-13(12)21/h4-7H,2-3,8H2,1H3,(H,19,22). The quantitative estimate of drug-likeness (QED) is 0.936. The van der Waals surface area contributed by atoms with Crippen molar-refractivity contribution >= 4 is 23.2 Å². The molecule has 2 amide bonds. The summed E-state index contributed by atoms with van der Waals surface area (Å²) in [4.78, 5) is 25.3. The summed E-state index contributed by atoms with van der Waals surface area (Å²) in [6.45, 7) is 2.35. The summed E-state index contributed by atoms with van der Waals surface area (Å²) in [5, 5.41) is 6.51. The van der Waals surface area contributed by atoms with E-state index in [-0.39, 0.29) is 30.2 Å². The van der Waals surface area contributed by atoms with E-state index in [2.05, 4.69) is 10.4 Å². The lowest BCUT2D eigenvalue weighted by Gasteiger charge is -2.29. The fourth-order valence-corrected chi connectivity index (χ4v) is 2.44. The Kier molecular flexibility index (Phi) is 3.81. The van der Waals surface area contributed by atoms with Gasteiger partial charge in [0.1, 0.15) is 6.54 Å². The average molecular weight is 320 g/mol. The molecule has 6 nitrogen and oxygen atoms in total. The fourth-order valence-electron chi connectivity index (χ4n) is 2.44. The Labute approximate surface area is 130 Å². The number of hydrogen-bond acceptors (Lipinski definition) is 3. The molecular formula is C15H14F2N4O2. The van der Waals surface area contributed by atoms with E-state index in [9.17, 15) is 18.4 Å². The molecule has 0 bridgehead atoms. The highest BCUT2D eigenvalue weighted by Crippen LogP contribution is 2.32. The molecule has 8 heteroatoms.